The number of alkyl halides is 9. The monoisotopic (exact) mass is 488 g/mol. The van der Waals surface area contributed by atoms with Crippen molar-refractivity contribution in [3.63, 3.8) is 0 Å². The first-order valence-corrected chi connectivity index (χ1v) is 10.00. The van der Waals surface area contributed by atoms with Crippen LogP contribution in [0.2, 0.25) is 0 Å². The molecule has 0 amide bonds. The molecule has 13 heteroatoms. The fourth-order valence-corrected chi connectivity index (χ4v) is 3.11. The van der Waals surface area contributed by atoms with Gasteiger partial charge in [0, 0.05) is 0 Å². The standard InChI is InChI=1S/C18H21F9O3S/c1-13(2,3)10-7-11(14(4,5)6)9-12(8-10)30-31(28,29)18(26,27)16(21,22)15(19,20)17(23,24)25/h7-9H,1-6H3. The lowest BCUT2D eigenvalue weighted by molar-refractivity contribution is -0.382. The van der Waals surface area contributed by atoms with Crippen molar-refractivity contribution >= 4 is 10.1 Å². The molecule has 0 spiro atoms. The molecule has 0 heterocycles. The van der Waals surface area contributed by atoms with Gasteiger partial charge in [0.2, 0.25) is 0 Å². The lowest BCUT2D eigenvalue weighted by Crippen LogP contribution is -2.63. The number of halogens is 9. The highest BCUT2D eigenvalue weighted by Crippen LogP contribution is 2.55. The van der Waals surface area contributed by atoms with Crippen molar-refractivity contribution in [2.75, 3.05) is 0 Å². The molecular weight excluding hydrogens is 467 g/mol. The van der Waals surface area contributed by atoms with Crippen LogP contribution in [-0.2, 0) is 20.9 Å². The van der Waals surface area contributed by atoms with E-state index in [1.165, 1.54) is 0 Å². The molecule has 0 aliphatic carbocycles. The van der Waals surface area contributed by atoms with Crippen molar-refractivity contribution in [2.24, 2.45) is 0 Å². The molecule has 1 aromatic rings. The van der Waals surface area contributed by atoms with Crippen molar-refractivity contribution in [1.29, 1.82) is 0 Å². The molecule has 180 valence electrons. The maximum atomic E-state index is 13.9. The summed E-state index contributed by atoms with van der Waals surface area (Å²) in [5, 5.41) is -6.92. The third-order valence-electron chi connectivity index (χ3n) is 4.27. The Morgan fingerprint density at radius 1 is 0.645 bits per heavy atom. The van der Waals surface area contributed by atoms with E-state index < -0.39 is 50.0 Å². The number of hydrogen-bond donors (Lipinski definition) is 0. The van der Waals surface area contributed by atoms with Crippen molar-refractivity contribution in [3.05, 3.63) is 29.3 Å². The van der Waals surface area contributed by atoms with Crippen LogP contribution in [0, 0.1) is 0 Å². The minimum atomic E-state index is -7.36. The fraction of sp³-hybridized carbons (Fsp3) is 0.667. The minimum Gasteiger partial charge on any atom is -0.378 e. The molecule has 1 rings (SSSR count). The van der Waals surface area contributed by atoms with Gasteiger partial charge in [-0.25, -0.2) is 0 Å². The third-order valence-corrected chi connectivity index (χ3v) is 5.57. The zero-order valence-electron chi connectivity index (χ0n) is 17.3. The SMILES string of the molecule is CC(C)(C)c1cc(OS(=O)(=O)C(F)(F)C(F)(F)C(F)(F)C(F)(F)F)cc(C(C)(C)C)c1. The lowest BCUT2D eigenvalue weighted by Gasteiger charge is -2.32. The van der Waals surface area contributed by atoms with Crippen molar-refractivity contribution < 1.29 is 52.1 Å². The Hall–Kier alpha value is -1.66. The highest BCUT2D eigenvalue weighted by atomic mass is 32.2. The van der Waals surface area contributed by atoms with Crippen molar-refractivity contribution in [3.8, 4) is 5.75 Å². The van der Waals surface area contributed by atoms with Crippen molar-refractivity contribution in [1.82, 2.24) is 0 Å². The third kappa shape index (κ3) is 4.90. The second kappa shape index (κ2) is 7.45. The van der Waals surface area contributed by atoms with E-state index in [4.69, 9.17) is 0 Å². The molecular formula is C18H21F9O3S. The molecule has 0 N–H and O–H groups in total. The second-order valence-electron chi connectivity index (χ2n) is 8.95. The number of hydrogen-bond acceptors (Lipinski definition) is 3. The van der Waals surface area contributed by atoms with Crippen LogP contribution in [0.3, 0.4) is 0 Å². The Bertz CT molecular complexity index is 890. The topological polar surface area (TPSA) is 43.4 Å². The van der Waals surface area contributed by atoms with Gasteiger partial charge in [0.1, 0.15) is 5.75 Å². The molecule has 0 atom stereocenters. The van der Waals surface area contributed by atoms with Crippen LogP contribution in [0.15, 0.2) is 18.2 Å². The summed E-state index contributed by atoms with van der Waals surface area (Å²) in [5.74, 6) is -15.7. The Morgan fingerprint density at radius 3 is 1.29 bits per heavy atom. The van der Waals surface area contributed by atoms with E-state index in [0.717, 1.165) is 12.1 Å². The second-order valence-corrected chi connectivity index (χ2v) is 10.5. The Balaban J connectivity index is 3.61. The molecule has 0 bridgehead atoms. The number of rotatable bonds is 5. The molecule has 3 nitrogen and oxygen atoms in total. The van der Waals surface area contributed by atoms with Gasteiger partial charge in [0.25, 0.3) is 0 Å². The van der Waals surface area contributed by atoms with Gasteiger partial charge in [-0.15, -0.1) is 0 Å². The van der Waals surface area contributed by atoms with Crippen LogP contribution in [-0.4, -0.2) is 31.7 Å². The maximum Gasteiger partial charge on any atom is 0.460 e. The van der Waals surface area contributed by atoms with Gasteiger partial charge in [-0.2, -0.15) is 47.9 Å². The quantitative estimate of drug-likeness (QED) is 0.355. The Labute approximate surface area is 173 Å². The van der Waals surface area contributed by atoms with E-state index in [1.807, 2.05) is 0 Å². The summed E-state index contributed by atoms with van der Waals surface area (Å²) in [7, 11) is -7.00. The molecule has 0 aliphatic heterocycles. The Kier molecular flexibility index (Phi) is 6.57. The predicted octanol–water partition coefficient (Wildman–Crippen LogP) is 6.42. The summed E-state index contributed by atoms with van der Waals surface area (Å²) < 4.78 is 145. The number of benzene rings is 1. The minimum absolute atomic E-state index is 0.306. The van der Waals surface area contributed by atoms with Crippen LogP contribution in [0.5, 0.6) is 5.75 Å². The summed E-state index contributed by atoms with van der Waals surface area (Å²) >= 11 is 0. The first-order chi connectivity index (χ1) is 13.3. The van der Waals surface area contributed by atoms with Crippen LogP contribution in [0.4, 0.5) is 39.5 Å². The van der Waals surface area contributed by atoms with E-state index in [2.05, 4.69) is 4.18 Å². The molecule has 0 saturated carbocycles. The summed E-state index contributed by atoms with van der Waals surface area (Å²) in [6.07, 6.45) is -7.15. The smallest absolute Gasteiger partial charge is 0.378 e. The molecule has 0 fully saturated rings. The highest BCUT2D eigenvalue weighted by Gasteiger charge is 2.86. The average molecular weight is 488 g/mol. The zero-order chi connectivity index (χ0) is 25.1. The maximum absolute atomic E-state index is 13.9. The van der Waals surface area contributed by atoms with Gasteiger partial charge in [0.15, 0.2) is 0 Å². The fourth-order valence-electron chi connectivity index (χ4n) is 2.21. The molecule has 0 radical (unpaired) electrons. The van der Waals surface area contributed by atoms with E-state index in [9.17, 15) is 47.9 Å². The van der Waals surface area contributed by atoms with Crippen molar-refractivity contribution in [2.45, 2.75) is 75.6 Å². The summed E-state index contributed by atoms with van der Waals surface area (Å²) in [6.45, 7) is 9.83. The predicted molar refractivity (Wildman–Crippen MR) is 94.3 cm³/mol. The normalized spacial score (nSPS) is 15.2. The average Bonchev–Trinajstić information content (AvgIpc) is 2.50. The molecule has 31 heavy (non-hydrogen) atoms. The lowest BCUT2D eigenvalue weighted by atomic mass is 9.80. The van der Waals surface area contributed by atoms with E-state index >= 15 is 0 Å². The Morgan fingerprint density at radius 2 is 1.00 bits per heavy atom. The van der Waals surface area contributed by atoms with Crippen LogP contribution in [0.25, 0.3) is 0 Å². The molecule has 0 aliphatic rings. The van der Waals surface area contributed by atoms with Gasteiger partial charge in [-0.1, -0.05) is 47.6 Å². The molecule has 0 saturated heterocycles. The molecule has 0 aromatic heterocycles. The van der Waals surface area contributed by atoms with Gasteiger partial charge in [-0.05, 0) is 34.1 Å². The van der Waals surface area contributed by atoms with Crippen LogP contribution in [0.1, 0.15) is 52.7 Å². The molecule has 1 aromatic carbocycles. The van der Waals surface area contributed by atoms with E-state index in [1.54, 1.807) is 47.6 Å². The summed E-state index contributed by atoms with van der Waals surface area (Å²) in [4.78, 5) is 0. The van der Waals surface area contributed by atoms with Crippen LogP contribution >= 0.6 is 0 Å². The highest BCUT2D eigenvalue weighted by molar-refractivity contribution is 7.88. The first-order valence-electron chi connectivity index (χ1n) is 8.59. The zero-order valence-corrected chi connectivity index (χ0v) is 18.1. The van der Waals surface area contributed by atoms with Crippen LogP contribution < -0.4 is 4.18 Å². The van der Waals surface area contributed by atoms with Gasteiger partial charge in [0.05, 0.1) is 0 Å². The largest absolute Gasteiger partial charge is 0.460 e. The van der Waals surface area contributed by atoms with Gasteiger partial charge >= 0.3 is 33.4 Å². The van der Waals surface area contributed by atoms with E-state index in [0.29, 0.717) is 11.1 Å². The van der Waals surface area contributed by atoms with E-state index in [-0.39, 0.29) is 0 Å². The summed E-state index contributed by atoms with van der Waals surface area (Å²) in [6, 6.07) is 3.34. The molecule has 0 unspecified atom stereocenters. The van der Waals surface area contributed by atoms with Gasteiger partial charge in [-0.3, -0.25) is 0 Å². The first kappa shape index (κ1) is 27.4. The van der Waals surface area contributed by atoms with Gasteiger partial charge < -0.3 is 4.18 Å². The summed E-state index contributed by atoms with van der Waals surface area (Å²) in [5.41, 5.74) is -0.834.